The van der Waals surface area contributed by atoms with Crippen LogP contribution in [0.1, 0.15) is 52.0 Å². The van der Waals surface area contributed by atoms with Gasteiger partial charge in [0.15, 0.2) is 0 Å². The molecule has 0 aliphatic carbocycles. The summed E-state index contributed by atoms with van der Waals surface area (Å²) in [6.45, 7) is 8.29. The zero-order chi connectivity index (χ0) is 16.7. The lowest BCUT2D eigenvalue weighted by Gasteiger charge is -2.19. The fraction of sp³-hybridized carbons (Fsp3) is 0.529. The van der Waals surface area contributed by atoms with Crippen LogP contribution in [0.2, 0.25) is 0 Å². The van der Waals surface area contributed by atoms with Crippen molar-refractivity contribution in [1.29, 1.82) is 0 Å². The van der Waals surface area contributed by atoms with Gasteiger partial charge in [-0.05, 0) is 42.4 Å². The molecule has 1 aromatic rings. The van der Waals surface area contributed by atoms with Crippen LogP contribution in [0, 0.1) is 5.92 Å². The van der Waals surface area contributed by atoms with Crippen LogP contribution in [-0.4, -0.2) is 18.0 Å². The van der Waals surface area contributed by atoms with E-state index in [2.05, 4.69) is 24.5 Å². The second-order valence-electron chi connectivity index (χ2n) is 6.11. The molecule has 1 rings (SSSR count). The van der Waals surface area contributed by atoms with E-state index in [-0.39, 0.29) is 11.8 Å². The number of nitrogens with one attached hydrogen (secondary N) is 2. The van der Waals surface area contributed by atoms with E-state index in [0.29, 0.717) is 12.3 Å². The summed E-state index contributed by atoms with van der Waals surface area (Å²) >= 11 is 0. The van der Waals surface area contributed by atoms with Crippen LogP contribution in [0.5, 0.6) is 0 Å². The van der Waals surface area contributed by atoms with Gasteiger partial charge in [0.1, 0.15) is 6.04 Å². The Morgan fingerprint density at radius 1 is 1.14 bits per heavy atom. The number of hydrogen-bond donors (Lipinski definition) is 3. The third-order valence-corrected chi connectivity index (χ3v) is 3.70. The third-order valence-electron chi connectivity index (χ3n) is 3.70. The number of carbonyl (C=O) groups excluding carboxylic acids is 2. The van der Waals surface area contributed by atoms with Crippen molar-refractivity contribution >= 4 is 17.6 Å². The lowest BCUT2D eigenvalue weighted by Crippen LogP contribution is -2.46. The van der Waals surface area contributed by atoms with Gasteiger partial charge < -0.3 is 16.4 Å². The van der Waals surface area contributed by atoms with Gasteiger partial charge in [0.2, 0.25) is 5.91 Å². The Morgan fingerprint density at radius 3 is 2.18 bits per heavy atom. The minimum atomic E-state index is -0.687. The number of primary amides is 1. The van der Waals surface area contributed by atoms with Crippen molar-refractivity contribution in [3.8, 4) is 0 Å². The summed E-state index contributed by atoms with van der Waals surface area (Å²) in [4.78, 5) is 23.3. The summed E-state index contributed by atoms with van der Waals surface area (Å²) in [5.41, 5.74) is 7.10. The molecular formula is C17H27N3O2. The van der Waals surface area contributed by atoms with Crippen LogP contribution in [0.15, 0.2) is 24.3 Å². The van der Waals surface area contributed by atoms with Crippen molar-refractivity contribution < 1.29 is 9.59 Å². The van der Waals surface area contributed by atoms with Crippen molar-refractivity contribution in [2.24, 2.45) is 11.7 Å². The fourth-order valence-electron chi connectivity index (χ4n) is 2.23. The highest BCUT2D eigenvalue weighted by Crippen LogP contribution is 2.20. The Bertz CT molecular complexity index is 497. The lowest BCUT2D eigenvalue weighted by atomic mass is 9.98. The van der Waals surface area contributed by atoms with Gasteiger partial charge in [0.05, 0.1) is 0 Å². The van der Waals surface area contributed by atoms with Gasteiger partial charge in [-0.15, -0.1) is 0 Å². The van der Waals surface area contributed by atoms with E-state index in [1.165, 1.54) is 5.56 Å². The van der Waals surface area contributed by atoms with Crippen molar-refractivity contribution in [1.82, 2.24) is 5.32 Å². The first kappa shape index (κ1) is 18.0. The Balaban J connectivity index is 2.73. The van der Waals surface area contributed by atoms with Gasteiger partial charge in [0.25, 0.3) is 0 Å². The molecule has 0 unspecified atom stereocenters. The monoisotopic (exact) mass is 305 g/mol. The highest BCUT2D eigenvalue weighted by molar-refractivity contribution is 5.96. The molecule has 0 saturated heterocycles. The fourth-order valence-corrected chi connectivity index (χ4v) is 2.23. The molecule has 22 heavy (non-hydrogen) atoms. The van der Waals surface area contributed by atoms with Gasteiger partial charge in [0, 0.05) is 5.69 Å². The Morgan fingerprint density at radius 2 is 1.73 bits per heavy atom. The number of urea groups is 1. The van der Waals surface area contributed by atoms with Crippen LogP contribution in [0.25, 0.3) is 0 Å². The molecular weight excluding hydrogens is 278 g/mol. The highest BCUT2D eigenvalue weighted by Gasteiger charge is 2.21. The molecule has 3 amide bonds. The largest absolute Gasteiger partial charge is 0.352 e. The van der Waals surface area contributed by atoms with Crippen molar-refractivity contribution in [2.45, 2.75) is 52.5 Å². The number of rotatable bonds is 7. The Hall–Kier alpha value is -2.04. The van der Waals surface area contributed by atoms with E-state index < -0.39 is 12.1 Å². The normalized spacial score (nSPS) is 13.5. The van der Waals surface area contributed by atoms with Crippen molar-refractivity contribution in [2.75, 3.05) is 5.32 Å². The summed E-state index contributed by atoms with van der Waals surface area (Å²) in [7, 11) is 0. The summed E-state index contributed by atoms with van der Waals surface area (Å²) in [6.07, 6.45) is 1.62. The lowest BCUT2D eigenvalue weighted by molar-refractivity contribution is -0.118. The Kier molecular flexibility index (Phi) is 6.89. The number of carbonyl (C=O) groups is 2. The SMILES string of the molecule is CC[C@@H](C)c1ccc(NC(=O)[C@H](CC(C)C)NC(N)=O)cc1. The predicted octanol–water partition coefficient (Wildman–Crippen LogP) is 3.22. The standard InChI is InChI=1S/C17H27N3O2/c1-5-12(4)13-6-8-14(9-7-13)19-16(21)15(10-11(2)3)20-17(18)22/h6-9,11-12,15H,5,10H2,1-4H3,(H,19,21)(H3,18,20,22)/t12-,15+/m1/s1. The van der Waals surface area contributed by atoms with E-state index in [1.807, 2.05) is 38.1 Å². The number of benzene rings is 1. The zero-order valence-corrected chi connectivity index (χ0v) is 13.8. The van der Waals surface area contributed by atoms with Crippen molar-refractivity contribution in [3.05, 3.63) is 29.8 Å². The molecule has 0 heterocycles. The topological polar surface area (TPSA) is 84.2 Å². The van der Waals surface area contributed by atoms with Crippen LogP contribution < -0.4 is 16.4 Å². The average molecular weight is 305 g/mol. The maximum absolute atomic E-state index is 12.3. The second-order valence-corrected chi connectivity index (χ2v) is 6.11. The van der Waals surface area contributed by atoms with Crippen LogP contribution in [0.3, 0.4) is 0 Å². The first-order valence-electron chi connectivity index (χ1n) is 7.80. The minimum absolute atomic E-state index is 0.246. The van der Waals surface area contributed by atoms with E-state index in [1.54, 1.807) is 0 Å². The quantitative estimate of drug-likeness (QED) is 0.722. The Labute approximate surface area is 132 Å². The minimum Gasteiger partial charge on any atom is -0.352 e. The van der Waals surface area contributed by atoms with E-state index in [0.717, 1.165) is 12.1 Å². The molecule has 0 aliphatic rings. The molecule has 0 radical (unpaired) electrons. The average Bonchev–Trinajstić information content (AvgIpc) is 2.45. The predicted molar refractivity (Wildman–Crippen MR) is 89.7 cm³/mol. The molecule has 0 aromatic heterocycles. The number of nitrogens with two attached hydrogens (primary N) is 1. The van der Waals surface area contributed by atoms with E-state index in [9.17, 15) is 9.59 Å². The van der Waals surface area contributed by atoms with Crippen LogP contribution in [-0.2, 0) is 4.79 Å². The summed E-state index contributed by atoms with van der Waals surface area (Å²) in [6, 6.07) is 6.50. The van der Waals surface area contributed by atoms with E-state index >= 15 is 0 Å². The molecule has 4 N–H and O–H groups in total. The molecule has 0 fully saturated rings. The molecule has 0 saturated carbocycles. The molecule has 0 spiro atoms. The summed E-state index contributed by atoms with van der Waals surface area (Å²) in [5.74, 6) is 0.522. The third kappa shape index (κ3) is 5.76. The molecule has 5 nitrogen and oxygen atoms in total. The van der Waals surface area contributed by atoms with Crippen LogP contribution >= 0.6 is 0 Å². The maximum atomic E-state index is 12.3. The zero-order valence-electron chi connectivity index (χ0n) is 13.8. The summed E-state index contributed by atoms with van der Waals surface area (Å²) in [5, 5.41) is 5.32. The van der Waals surface area contributed by atoms with Gasteiger partial charge in [-0.2, -0.15) is 0 Å². The van der Waals surface area contributed by atoms with Crippen LogP contribution in [0.4, 0.5) is 10.5 Å². The molecule has 5 heteroatoms. The first-order valence-corrected chi connectivity index (χ1v) is 7.80. The van der Waals surface area contributed by atoms with Gasteiger partial charge in [-0.3, -0.25) is 4.79 Å². The summed E-state index contributed by atoms with van der Waals surface area (Å²) < 4.78 is 0. The van der Waals surface area contributed by atoms with Crippen molar-refractivity contribution in [3.63, 3.8) is 0 Å². The van der Waals surface area contributed by atoms with Gasteiger partial charge in [-0.25, -0.2) is 4.79 Å². The number of hydrogen-bond acceptors (Lipinski definition) is 2. The van der Waals surface area contributed by atoms with E-state index in [4.69, 9.17) is 5.73 Å². The molecule has 0 aliphatic heterocycles. The van der Waals surface area contributed by atoms with Gasteiger partial charge >= 0.3 is 6.03 Å². The molecule has 0 bridgehead atoms. The maximum Gasteiger partial charge on any atom is 0.312 e. The smallest absolute Gasteiger partial charge is 0.312 e. The number of amides is 3. The molecule has 122 valence electrons. The molecule has 1 aromatic carbocycles. The van der Waals surface area contributed by atoms with Gasteiger partial charge in [-0.1, -0.05) is 39.8 Å². The number of anilines is 1. The molecule has 2 atom stereocenters. The second kappa shape index (κ2) is 8.41. The highest BCUT2D eigenvalue weighted by atomic mass is 16.2. The first-order chi connectivity index (χ1) is 10.3.